The molecule has 2 aromatic heterocycles. The Balaban J connectivity index is 1.28. The van der Waals surface area contributed by atoms with Gasteiger partial charge in [0.25, 0.3) is 0 Å². The highest BCUT2D eigenvalue weighted by atomic mass is 32.1. The van der Waals surface area contributed by atoms with Gasteiger partial charge in [0.15, 0.2) is 0 Å². The van der Waals surface area contributed by atoms with E-state index in [1.54, 1.807) is 24.8 Å². The molecule has 1 N–H and O–H groups in total. The van der Waals surface area contributed by atoms with Crippen molar-refractivity contribution in [2.45, 2.75) is 13.2 Å². The number of hydrogen-bond acceptors (Lipinski definition) is 7. The standard InChI is InChI=1S/C21H25N5O2S/c1-28-14-17-5-3-2-4-16(17)12-22-19(27)13-25-7-9-26(10-8-25)20-18-6-11-29-21(18)24-15-23-20/h2-6,11,15H,7-10,12-14H2,1H3,(H,22,27). The van der Waals surface area contributed by atoms with Crippen LogP contribution in [-0.2, 0) is 22.7 Å². The Morgan fingerprint density at radius 1 is 1.14 bits per heavy atom. The average Bonchev–Trinajstić information content (AvgIpc) is 3.23. The largest absolute Gasteiger partial charge is 0.380 e. The van der Waals surface area contributed by atoms with Gasteiger partial charge in [0.1, 0.15) is 17.0 Å². The van der Waals surface area contributed by atoms with Crippen molar-refractivity contribution >= 4 is 33.3 Å². The lowest BCUT2D eigenvalue weighted by molar-refractivity contribution is -0.122. The van der Waals surface area contributed by atoms with E-state index in [4.69, 9.17) is 4.74 Å². The third kappa shape index (κ3) is 4.72. The summed E-state index contributed by atoms with van der Waals surface area (Å²) in [6.45, 7) is 4.87. The van der Waals surface area contributed by atoms with Gasteiger partial charge in [-0.2, -0.15) is 0 Å². The molecule has 0 spiro atoms. The third-order valence-electron chi connectivity index (χ3n) is 5.17. The number of nitrogens with one attached hydrogen (secondary N) is 1. The monoisotopic (exact) mass is 411 g/mol. The molecule has 4 rings (SSSR count). The van der Waals surface area contributed by atoms with E-state index in [2.05, 4.69) is 31.2 Å². The number of amides is 1. The van der Waals surface area contributed by atoms with Gasteiger partial charge in [-0.3, -0.25) is 9.69 Å². The Kier molecular flexibility index (Phi) is 6.33. The zero-order chi connectivity index (χ0) is 20.1. The van der Waals surface area contributed by atoms with E-state index >= 15 is 0 Å². The van der Waals surface area contributed by atoms with E-state index in [0.717, 1.165) is 53.3 Å². The summed E-state index contributed by atoms with van der Waals surface area (Å²) in [5, 5.41) is 6.20. The van der Waals surface area contributed by atoms with Crippen LogP contribution in [0.25, 0.3) is 10.2 Å². The first kappa shape index (κ1) is 19.8. The molecule has 0 atom stereocenters. The van der Waals surface area contributed by atoms with Crippen molar-refractivity contribution in [3.05, 3.63) is 53.2 Å². The van der Waals surface area contributed by atoms with E-state index < -0.39 is 0 Å². The molecule has 1 aliphatic rings. The van der Waals surface area contributed by atoms with Crippen LogP contribution in [0.2, 0.25) is 0 Å². The molecule has 7 nitrogen and oxygen atoms in total. The van der Waals surface area contributed by atoms with Crippen LogP contribution in [0.15, 0.2) is 42.0 Å². The second-order valence-corrected chi connectivity index (χ2v) is 7.97. The van der Waals surface area contributed by atoms with Crippen molar-refractivity contribution in [3.8, 4) is 0 Å². The molecule has 1 aromatic carbocycles. The lowest BCUT2D eigenvalue weighted by Gasteiger charge is -2.35. The molecule has 1 amide bonds. The molecule has 3 aromatic rings. The second-order valence-electron chi connectivity index (χ2n) is 7.08. The number of thiophene rings is 1. The third-order valence-corrected chi connectivity index (χ3v) is 5.99. The van der Waals surface area contributed by atoms with Gasteiger partial charge in [-0.15, -0.1) is 11.3 Å². The van der Waals surface area contributed by atoms with Crippen LogP contribution < -0.4 is 10.2 Å². The lowest BCUT2D eigenvalue weighted by atomic mass is 10.1. The maximum atomic E-state index is 12.4. The molecule has 0 aliphatic carbocycles. The molecule has 8 heteroatoms. The molecule has 0 radical (unpaired) electrons. The first-order chi connectivity index (χ1) is 14.2. The highest BCUT2D eigenvalue weighted by Gasteiger charge is 2.21. The summed E-state index contributed by atoms with van der Waals surface area (Å²) in [6.07, 6.45) is 1.63. The number of hydrogen-bond donors (Lipinski definition) is 1. The molecule has 3 heterocycles. The molecule has 152 valence electrons. The quantitative estimate of drug-likeness (QED) is 0.643. The summed E-state index contributed by atoms with van der Waals surface area (Å²) in [7, 11) is 1.68. The normalized spacial score (nSPS) is 15.0. The second kappa shape index (κ2) is 9.30. The zero-order valence-corrected chi connectivity index (χ0v) is 17.3. The first-order valence-electron chi connectivity index (χ1n) is 9.72. The van der Waals surface area contributed by atoms with Crippen LogP contribution in [-0.4, -0.2) is 60.6 Å². The van der Waals surface area contributed by atoms with E-state index in [1.807, 2.05) is 29.6 Å². The van der Waals surface area contributed by atoms with Crippen LogP contribution in [0.5, 0.6) is 0 Å². The minimum atomic E-state index is 0.0490. The number of benzene rings is 1. The van der Waals surface area contributed by atoms with Gasteiger partial charge < -0.3 is 15.0 Å². The van der Waals surface area contributed by atoms with Gasteiger partial charge in [0.05, 0.1) is 18.5 Å². The van der Waals surface area contributed by atoms with E-state index in [-0.39, 0.29) is 5.91 Å². The lowest BCUT2D eigenvalue weighted by Crippen LogP contribution is -2.49. The van der Waals surface area contributed by atoms with Crippen molar-refractivity contribution in [2.75, 3.05) is 44.7 Å². The highest BCUT2D eigenvalue weighted by Crippen LogP contribution is 2.27. The van der Waals surface area contributed by atoms with Crippen LogP contribution in [0.3, 0.4) is 0 Å². The van der Waals surface area contributed by atoms with Gasteiger partial charge in [-0.25, -0.2) is 9.97 Å². The highest BCUT2D eigenvalue weighted by molar-refractivity contribution is 7.16. The minimum Gasteiger partial charge on any atom is -0.380 e. The molecule has 0 saturated carbocycles. The number of rotatable bonds is 7. The maximum absolute atomic E-state index is 12.4. The fraction of sp³-hybridized carbons (Fsp3) is 0.381. The number of fused-ring (bicyclic) bond motifs is 1. The van der Waals surface area contributed by atoms with Gasteiger partial charge in [0.2, 0.25) is 5.91 Å². The van der Waals surface area contributed by atoms with Crippen molar-refractivity contribution < 1.29 is 9.53 Å². The molecule has 1 saturated heterocycles. The van der Waals surface area contributed by atoms with Crippen molar-refractivity contribution in [1.82, 2.24) is 20.2 Å². The van der Waals surface area contributed by atoms with Crippen LogP contribution >= 0.6 is 11.3 Å². The summed E-state index contributed by atoms with van der Waals surface area (Å²) in [4.78, 5) is 26.7. The Morgan fingerprint density at radius 3 is 2.72 bits per heavy atom. The summed E-state index contributed by atoms with van der Waals surface area (Å²) in [6, 6.07) is 10.1. The van der Waals surface area contributed by atoms with Crippen LogP contribution in [0, 0.1) is 0 Å². The maximum Gasteiger partial charge on any atom is 0.234 e. The number of carbonyl (C=O) groups excluding carboxylic acids is 1. The predicted molar refractivity (Wildman–Crippen MR) is 115 cm³/mol. The molecule has 0 bridgehead atoms. The number of aromatic nitrogens is 2. The number of nitrogens with zero attached hydrogens (tertiary/aromatic N) is 4. The van der Waals surface area contributed by atoms with Crippen molar-refractivity contribution in [3.63, 3.8) is 0 Å². The van der Waals surface area contributed by atoms with E-state index in [9.17, 15) is 4.79 Å². The average molecular weight is 412 g/mol. The Labute approximate surface area is 174 Å². The van der Waals surface area contributed by atoms with Crippen molar-refractivity contribution in [1.29, 1.82) is 0 Å². The summed E-state index contributed by atoms with van der Waals surface area (Å²) in [5.74, 6) is 1.04. The number of ether oxygens (including phenoxy) is 1. The number of piperazine rings is 1. The molecule has 29 heavy (non-hydrogen) atoms. The predicted octanol–water partition coefficient (Wildman–Crippen LogP) is 2.28. The summed E-state index contributed by atoms with van der Waals surface area (Å²) < 4.78 is 5.23. The van der Waals surface area contributed by atoms with Crippen LogP contribution in [0.4, 0.5) is 5.82 Å². The van der Waals surface area contributed by atoms with Gasteiger partial charge in [-0.1, -0.05) is 24.3 Å². The number of carbonyl (C=O) groups is 1. The van der Waals surface area contributed by atoms with Gasteiger partial charge in [0, 0.05) is 39.8 Å². The summed E-state index contributed by atoms with van der Waals surface area (Å²) in [5.41, 5.74) is 2.20. The topological polar surface area (TPSA) is 70.6 Å². The number of methoxy groups -OCH3 is 1. The molecule has 1 fully saturated rings. The zero-order valence-electron chi connectivity index (χ0n) is 16.5. The Hall–Kier alpha value is -2.55. The smallest absolute Gasteiger partial charge is 0.234 e. The van der Waals surface area contributed by atoms with E-state index in [0.29, 0.717) is 19.7 Å². The van der Waals surface area contributed by atoms with Crippen LogP contribution in [0.1, 0.15) is 11.1 Å². The van der Waals surface area contributed by atoms with E-state index in [1.165, 1.54) is 0 Å². The van der Waals surface area contributed by atoms with Crippen molar-refractivity contribution in [2.24, 2.45) is 0 Å². The van der Waals surface area contributed by atoms with Gasteiger partial charge in [-0.05, 0) is 22.6 Å². The SMILES string of the molecule is COCc1ccccc1CNC(=O)CN1CCN(c2ncnc3sccc23)CC1. The Bertz CT molecular complexity index is 968. The fourth-order valence-corrected chi connectivity index (χ4v) is 4.35. The molecular formula is C21H25N5O2S. The first-order valence-corrected chi connectivity index (χ1v) is 10.6. The molecular weight excluding hydrogens is 386 g/mol. The summed E-state index contributed by atoms with van der Waals surface area (Å²) >= 11 is 1.63. The Morgan fingerprint density at radius 2 is 1.93 bits per heavy atom. The molecule has 1 aliphatic heterocycles. The fourth-order valence-electron chi connectivity index (χ4n) is 3.63. The van der Waals surface area contributed by atoms with Gasteiger partial charge >= 0.3 is 0 Å². The minimum absolute atomic E-state index is 0.0490. The number of anilines is 1. The molecule has 0 unspecified atom stereocenters.